The third-order valence-electron chi connectivity index (χ3n) is 3.53. The molecule has 1 saturated heterocycles. The fourth-order valence-electron chi connectivity index (χ4n) is 2.05. The average molecular weight is 328 g/mol. The number of carbonyl (C=O) groups is 1. The van der Waals surface area contributed by atoms with Crippen LogP contribution >= 0.6 is 15.9 Å². The fraction of sp³-hybridized carbons (Fsp3) is 0.500. The second-order valence-corrected chi connectivity index (χ2v) is 5.92. The highest BCUT2D eigenvalue weighted by molar-refractivity contribution is 9.10. The Morgan fingerprint density at radius 3 is 2.84 bits per heavy atom. The van der Waals surface area contributed by atoms with E-state index >= 15 is 0 Å². The molecule has 0 spiro atoms. The van der Waals surface area contributed by atoms with E-state index in [1.165, 1.54) is 11.1 Å². The van der Waals surface area contributed by atoms with Gasteiger partial charge < -0.3 is 15.2 Å². The second kappa shape index (κ2) is 6.03. The van der Waals surface area contributed by atoms with Gasteiger partial charge in [-0.05, 0) is 36.6 Å². The van der Waals surface area contributed by atoms with Crippen molar-refractivity contribution in [1.29, 1.82) is 0 Å². The van der Waals surface area contributed by atoms with Gasteiger partial charge in [0.05, 0.1) is 19.8 Å². The first kappa shape index (κ1) is 14.5. The van der Waals surface area contributed by atoms with Crippen LogP contribution in [0.3, 0.4) is 0 Å². The number of carbonyl (C=O) groups excluding carboxylic acids is 1. The topological polar surface area (TPSA) is 58.6 Å². The lowest BCUT2D eigenvalue weighted by Gasteiger charge is -2.38. The van der Waals surface area contributed by atoms with Gasteiger partial charge in [-0.15, -0.1) is 0 Å². The monoisotopic (exact) mass is 327 g/mol. The molecule has 0 radical (unpaired) electrons. The van der Waals surface area contributed by atoms with E-state index in [9.17, 15) is 9.90 Å². The van der Waals surface area contributed by atoms with E-state index in [4.69, 9.17) is 4.74 Å². The number of halogens is 1. The van der Waals surface area contributed by atoms with Crippen molar-refractivity contribution in [1.82, 2.24) is 5.32 Å². The van der Waals surface area contributed by atoms with Crippen LogP contribution in [0.2, 0.25) is 0 Å². The molecular formula is C14H18BrNO3. The Morgan fingerprint density at radius 1 is 1.53 bits per heavy atom. The molecule has 0 aromatic heterocycles. The minimum Gasteiger partial charge on any atom is -0.395 e. The third-order valence-corrected chi connectivity index (χ3v) is 4.03. The molecule has 1 aliphatic rings. The molecule has 0 unspecified atom stereocenters. The Labute approximate surface area is 121 Å². The molecule has 0 aliphatic carbocycles. The van der Waals surface area contributed by atoms with Crippen molar-refractivity contribution >= 4 is 21.8 Å². The highest BCUT2D eigenvalue weighted by Crippen LogP contribution is 2.26. The van der Waals surface area contributed by atoms with Gasteiger partial charge in [-0.1, -0.05) is 22.0 Å². The number of nitrogens with one attached hydrogen (secondary N) is 1. The largest absolute Gasteiger partial charge is 0.395 e. The molecule has 1 aromatic rings. The van der Waals surface area contributed by atoms with E-state index in [0.717, 1.165) is 10.9 Å². The summed E-state index contributed by atoms with van der Waals surface area (Å²) in [6.07, 6.45) is 0.777. The van der Waals surface area contributed by atoms with E-state index < -0.39 is 5.41 Å². The van der Waals surface area contributed by atoms with Crippen molar-refractivity contribution in [3.63, 3.8) is 0 Å². The molecule has 1 fully saturated rings. The van der Waals surface area contributed by atoms with Crippen molar-refractivity contribution in [3.8, 4) is 0 Å². The number of benzene rings is 1. The Bertz CT molecular complexity index is 466. The third kappa shape index (κ3) is 3.16. The van der Waals surface area contributed by atoms with Crippen molar-refractivity contribution in [2.75, 3.05) is 26.4 Å². The highest BCUT2D eigenvalue weighted by Gasteiger charge is 2.45. The summed E-state index contributed by atoms with van der Waals surface area (Å²) in [6.45, 7) is 3.09. The van der Waals surface area contributed by atoms with Crippen LogP contribution in [0.4, 0.5) is 0 Å². The molecule has 1 aromatic carbocycles. The maximum atomic E-state index is 12.0. The Hall–Kier alpha value is -0.910. The smallest absolute Gasteiger partial charge is 0.233 e. The molecule has 1 heterocycles. The minimum absolute atomic E-state index is 0.117. The van der Waals surface area contributed by atoms with E-state index in [-0.39, 0.29) is 12.5 Å². The molecule has 5 heteroatoms. The molecule has 104 valence electrons. The van der Waals surface area contributed by atoms with Gasteiger partial charge in [0.1, 0.15) is 5.41 Å². The number of aliphatic hydroxyl groups excluding tert-OH is 1. The van der Waals surface area contributed by atoms with E-state index in [1.54, 1.807) is 0 Å². The molecule has 4 nitrogen and oxygen atoms in total. The first-order valence-electron chi connectivity index (χ1n) is 6.29. The van der Waals surface area contributed by atoms with Crippen LogP contribution in [0.1, 0.15) is 11.1 Å². The van der Waals surface area contributed by atoms with Crippen molar-refractivity contribution in [3.05, 3.63) is 33.8 Å². The van der Waals surface area contributed by atoms with E-state index in [0.29, 0.717) is 19.8 Å². The standard InChI is InChI=1S/C14H18BrNO3/c1-10-2-3-12(15)6-11(10)4-5-16-13(18)14(7-17)8-19-9-14/h2-3,6,17H,4-5,7-9H2,1H3,(H,16,18). The lowest BCUT2D eigenvalue weighted by Crippen LogP contribution is -2.56. The zero-order valence-corrected chi connectivity index (χ0v) is 12.5. The number of aryl methyl sites for hydroxylation is 1. The van der Waals surface area contributed by atoms with Crippen LogP contribution in [0, 0.1) is 12.3 Å². The zero-order valence-electron chi connectivity index (χ0n) is 10.9. The molecule has 2 rings (SSSR count). The van der Waals surface area contributed by atoms with Crippen LogP contribution in [-0.2, 0) is 16.0 Å². The summed E-state index contributed by atoms with van der Waals surface area (Å²) in [6, 6.07) is 6.12. The lowest BCUT2D eigenvalue weighted by atomic mass is 9.86. The number of hydrogen-bond acceptors (Lipinski definition) is 3. The fourth-order valence-corrected chi connectivity index (χ4v) is 2.46. The van der Waals surface area contributed by atoms with Crippen LogP contribution in [0.25, 0.3) is 0 Å². The maximum Gasteiger partial charge on any atom is 0.233 e. The number of amides is 1. The predicted octanol–water partition coefficient (Wildman–Crippen LogP) is 1.43. The van der Waals surface area contributed by atoms with Crippen molar-refractivity contribution in [2.24, 2.45) is 5.41 Å². The molecule has 0 atom stereocenters. The van der Waals surface area contributed by atoms with Gasteiger partial charge in [-0.25, -0.2) is 0 Å². The van der Waals surface area contributed by atoms with Gasteiger partial charge in [-0.2, -0.15) is 0 Å². The Morgan fingerprint density at radius 2 is 2.26 bits per heavy atom. The number of ether oxygens (including phenoxy) is 1. The molecule has 0 saturated carbocycles. The molecular weight excluding hydrogens is 310 g/mol. The SMILES string of the molecule is Cc1ccc(Br)cc1CCNC(=O)C1(CO)COC1. The Balaban J connectivity index is 1.86. The summed E-state index contributed by atoms with van der Waals surface area (Å²) in [7, 11) is 0. The number of hydrogen-bond donors (Lipinski definition) is 2. The summed E-state index contributed by atoms with van der Waals surface area (Å²) in [4.78, 5) is 12.0. The summed E-state index contributed by atoms with van der Waals surface area (Å²) in [5.41, 5.74) is 1.70. The van der Waals surface area contributed by atoms with Gasteiger partial charge >= 0.3 is 0 Å². The van der Waals surface area contributed by atoms with Gasteiger partial charge in [0.2, 0.25) is 5.91 Å². The van der Waals surface area contributed by atoms with Crippen LogP contribution in [0.15, 0.2) is 22.7 Å². The highest BCUT2D eigenvalue weighted by atomic mass is 79.9. The summed E-state index contributed by atoms with van der Waals surface area (Å²) in [5.74, 6) is -0.117. The predicted molar refractivity (Wildman–Crippen MR) is 75.9 cm³/mol. The molecule has 1 amide bonds. The lowest BCUT2D eigenvalue weighted by molar-refractivity contribution is -0.169. The van der Waals surface area contributed by atoms with E-state index in [2.05, 4.69) is 40.3 Å². The number of rotatable bonds is 5. The van der Waals surface area contributed by atoms with E-state index in [1.807, 2.05) is 6.07 Å². The normalized spacial score (nSPS) is 16.8. The van der Waals surface area contributed by atoms with Crippen LogP contribution in [-0.4, -0.2) is 37.4 Å². The summed E-state index contributed by atoms with van der Waals surface area (Å²) in [5, 5.41) is 12.1. The van der Waals surface area contributed by atoms with Crippen LogP contribution in [0.5, 0.6) is 0 Å². The van der Waals surface area contributed by atoms with Crippen molar-refractivity contribution in [2.45, 2.75) is 13.3 Å². The maximum absolute atomic E-state index is 12.0. The van der Waals surface area contributed by atoms with Gasteiger partial charge in [0, 0.05) is 11.0 Å². The van der Waals surface area contributed by atoms with Crippen LogP contribution < -0.4 is 5.32 Å². The summed E-state index contributed by atoms with van der Waals surface area (Å²) < 4.78 is 6.06. The average Bonchev–Trinajstić information content (AvgIpc) is 2.33. The minimum atomic E-state index is -0.716. The van der Waals surface area contributed by atoms with Gasteiger partial charge in [0.25, 0.3) is 0 Å². The molecule has 2 N–H and O–H groups in total. The quantitative estimate of drug-likeness (QED) is 0.860. The zero-order chi connectivity index (χ0) is 13.9. The number of aliphatic hydroxyl groups is 1. The molecule has 19 heavy (non-hydrogen) atoms. The molecule has 0 bridgehead atoms. The molecule has 1 aliphatic heterocycles. The van der Waals surface area contributed by atoms with Crippen molar-refractivity contribution < 1.29 is 14.6 Å². The first-order valence-corrected chi connectivity index (χ1v) is 7.09. The van der Waals surface area contributed by atoms with Gasteiger partial charge in [0.15, 0.2) is 0 Å². The first-order chi connectivity index (χ1) is 9.07. The Kier molecular flexibility index (Phi) is 4.60. The van der Waals surface area contributed by atoms with Gasteiger partial charge in [-0.3, -0.25) is 4.79 Å². The second-order valence-electron chi connectivity index (χ2n) is 5.01. The summed E-state index contributed by atoms with van der Waals surface area (Å²) >= 11 is 3.44.